The van der Waals surface area contributed by atoms with Crippen molar-refractivity contribution in [3.05, 3.63) is 23.8 Å². The third kappa shape index (κ3) is 1.37. The third-order valence-electron chi connectivity index (χ3n) is 2.05. The zero-order valence-electron chi connectivity index (χ0n) is 7.37. The van der Waals surface area contributed by atoms with Gasteiger partial charge in [-0.1, -0.05) is 12.1 Å². The number of carbonyl (C=O) groups excluding carboxylic acids is 1. The van der Waals surface area contributed by atoms with Crippen molar-refractivity contribution in [2.75, 3.05) is 13.7 Å². The van der Waals surface area contributed by atoms with Crippen molar-refractivity contribution in [3.8, 4) is 11.5 Å². The summed E-state index contributed by atoms with van der Waals surface area (Å²) < 4.78 is 10.4. The van der Waals surface area contributed by atoms with E-state index in [2.05, 4.69) is 0 Å². The molecule has 0 atom stereocenters. The SMILES string of the molecule is COc1cccc2c1OCC(=O)C2. The number of ether oxygens (including phenoxy) is 2. The van der Waals surface area contributed by atoms with Gasteiger partial charge in [-0.25, -0.2) is 0 Å². The number of hydrogen-bond acceptors (Lipinski definition) is 3. The van der Waals surface area contributed by atoms with E-state index >= 15 is 0 Å². The summed E-state index contributed by atoms with van der Waals surface area (Å²) in [5.74, 6) is 1.52. The standard InChI is InChI=1S/C10H10O3/c1-12-9-4-2-3-7-5-8(11)6-13-10(7)9/h2-4H,5-6H2,1H3. The van der Waals surface area contributed by atoms with Crippen molar-refractivity contribution in [3.63, 3.8) is 0 Å². The number of rotatable bonds is 1. The molecule has 0 fully saturated rings. The van der Waals surface area contributed by atoms with Crippen LogP contribution in [0.1, 0.15) is 5.56 Å². The summed E-state index contributed by atoms with van der Waals surface area (Å²) in [5, 5.41) is 0. The Bertz CT molecular complexity index is 344. The van der Waals surface area contributed by atoms with E-state index in [0.717, 1.165) is 5.56 Å². The van der Waals surface area contributed by atoms with Crippen LogP contribution < -0.4 is 9.47 Å². The molecule has 0 saturated carbocycles. The van der Waals surface area contributed by atoms with E-state index in [9.17, 15) is 4.79 Å². The highest BCUT2D eigenvalue weighted by molar-refractivity contribution is 5.85. The normalized spacial score (nSPS) is 14.7. The van der Waals surface area contributed by atoms with Crippen LogP contribution in [0.5, 0.6) is 11.5 Å². The van der Waals surface area contributed by atoms with Gasteiger partial charge in [0.05, 0.1) is 7.11 Å². The van der Waals surface area contributed by atoms with E-state index in [4.69, 9.17) is 9.47 Å². The maximum Gasteiger partial charge on any atom is 0.174 e. The molecule has 0 saturated heterocycles. The summed E-state index contributed by atoms with van der Waals surface area (Å²) in [6.45, 7) is 0.160. The lowest BCUT2D eigenvalue weighted by atomic mass is 10.1. The first-order valence-corrected chi connectivity index (χ1v) is 4.11. The molecule has 0 N–H and O–H groups in total. The fraction of sp³-hybridized carbons (Fsp3) is 0.300. The van der Waals surface area contributed by atoms with Gasteiger partial charge in [0.1, 0.15) is 6.61 Å². The Kier molecular flexibility index (Phi) is 1.93. The first-order valence-electron chi connectivity index (χ1n) is 4.11. The number of fused-ring (bicyclic) bond motifs is 1. The number of Topliss-reactive ketones (excluding diaryl/α,β-unsaturated/α-hetero) is 1. The second-order valence-electron chi connectivity index (χ2n) is 2.95. The van der Waals surface area contributed by atoms with Gasteiger partial charge in [0.15, 0.2) is 17.3 Å². The Morgan fingerprint density at radius 3 is 3.08 bits per heavy atom. The van der Waals surface area contributed by atoms with E-state index in [1.165, 1.54) is 0 Å². The summed E-state index contributed by atoms with van der Waals surface area (Å²) in [6.07, 6.45) is 0.451. The highest BCUT2D eigenvalue weighted by atomic mass is 16.5. The predicted molar refractivity (Wildman–Crippen MR) is 47.2 cm³/mol. The molecule has 0 aliphatic carbocycles. The molecule has 0 amide bonds. The highest BCUT2D eigenvalue weighted by Gasteiger charge is 2.19. The van der Waals surface area contributed by atoms with Crippen LogP contribution in [0.4, 0.5) is 0 Å². The molecule has 0 spiro atoms. The minimum atomic E-state index is 0.112. The maximum absolute atomic E-state index is 11.1. The van der Waals surface area contributed by atoms with Crippen LogP contribution in [0, 0.1) is 0 Å². The molecule has 3 heteroatoms. The lowest BCUT2D eigenvalue weighted by Crippen LogP contribution is -2.20. The van der Waals surface area contributed by atoms with Crippen LogP contribution in [-0.2, 0) is 11.2 Å². The maximum atomic E-state index is 11.1. The Hall–Kier alpha value is -1.51. The summed E-state index contributed by atoms with van der Waals surface area (Å²) in [5.41, 5.74) is 0.913. The van der Waals surface area contributed by atoms with Crippen LogP contribution in [-0.4, -0.2) is 19.5 Å². The van der Waals surface area contributed by atoms with Crippen molar-refractivity contribution in [2.24, 2.45) is 0 Å². The van der Waals surface area contributed by atoms with E-state index in [0.29, 0.717) is 17.9 Å². The summed E-state index contributed by atoms with van der Waals surface area (Å²) in [6, 6.07) is 5.57. The Balaban J connectivity index is 2.45. The van der Waals surface area contributed by atoms with Crippen molar-refractivity contribution < 1.29 is 14.3 Å². The molecular formula is C10H10O3. The molecule has 1 aliphatic heterocycles. The molecular weight excluding hydrogens is 168 g/mol. The summed E-state index contributed by atoms with van der Waals surface area (Å²) >= 11 is 0. The van der Waals surface area contributed by atoms with Gasteiger partial charge < -0.3 is 9.47 Å². The van der Waals surface area contributed by atoms with Gasteiger partial charge in [0, 0.05) is 12.0 Å². The van der Waals surface area contributed by atoms with E-state index < -0.39 is 0 Å². The first kappa shape index (κ1) is 8.10. The summed E-state index contributed by atoms with van der Waals surface area (Å²) in [7, 11) is 1.59. The molecule has 3 nitrogen and oxygen atoms in total. The van der Waals surface area contributed by atoms with Gasteiger partial charge in [-0.15, -0.1) is 0 Å². The number of hydrogen-bond donors (Lipinski definition) is 0. The quantitative estimate of drug-likeness (QED) is 0.648. The van der Waals surface area contributed by atoms with Crippen LogP contribution in [0.2, 0.25) is 0 Å². The third-order valence-corrected chi connectivity index (χ3v) is 2.05. The highest BCUT2D eigenvalue weighted by Crippen LogP contribution is 2.33. The molecule has 1 aromatic carbocycles. The van der Waals surface area contributed by atoms with Gasteiger partial charge in [0.2, 0.25) is 0 Å². The molecule has 0 bridgehead atoms. The van der Waals surface area contributed by atoms with Gasteiger partial charge in [-0.05, 0) is 6.07 Å². The Labute approximate surface area is 76.3 Å². The molecule has 1 aliphatic rings. The van der Waals surface area contributed by atoms with Gasteiger partial charge in [-0.3, -0.25) is 4.79 Å². The van der Waals surface area contributed by atoms with Gasteiger partial charge >= 0.3 is 0 Å². The number of carbonyl (C=O) groups is 1. The van der Waals surface area contributed by atoms with E-state index in [-0.39, 0.29) is 12.4 Å². The molecule has 0 aromatic heterocycles. The van der Waals surface area contributed by atoms with Crippen LogP contribution in [0.25, 0.3) is 0 Å². The topological polar surface area (TPSA) is 35.5 Å². The predicted octanol–water partition coefficient (Wildman–Crippen LogP) is 1.20. The van der Waals surface area contributed by atoms with E-state index in [1.54, 1.807) is 7.11 Å². The van der Waals surface area contributed by atoms with Crippen molar-refractivity contribution >= 4 is 5.78 Å². The minimum Gasteiger partial charge on any atom is -0.493 e. The van der Waals surface area contributed by atoms with E-state index in [1.807, 2.05) is 18.2 Å². The molecule has 2 rings (SSSR count). The molecule has 68 valence electrons. The largest absolute Gasteiger partial charge is 0.493 e. The Morgan fingerprint density at radius 2 is 2.31 bits per heavy atom. The second-order valence-corrected chi connectivity index (χ2v) is 2.95. The monoisotopic (exact) mass is 178 g/mol. The zero-order valence-corrected chi connectivity index (χ0v) is 7.37. The van der Waals surface area contributed by atoms with Crippen LogP contribution in [0.15, 0.2) is 18.2 Å². The lowest BCUT2D eigenvalue weighted by Gasteiger charge is -2.18. The molecule has 0 radical (unpaired) electrons. The van der Waals surface area contributed by atoms with Crippen LogP contribution in [0.3, 0.4) is 0 Å². The lowest BCUT2D eigenvalue weighted by molar-refractivity contribution is -0.121. The fourth-order valence-electron chi connectivity index (χ4n) is 1.44. The smallest absolute Gasteiger partial charge is 0.174 e. The van der Waals surface area contributed by atoms with Gasteiger partial charge in [-0.2, -0.15) is 0 Å². The van der Waals surface area contributed by atoms with Crippen molar-refractivity contribution in [1.29, 1.82) is 0 Å². The number of benzene rings is 1. The number of para-hydroxylation sites is 1. The van der Waals surface area contributed by atoms with Crippen molar-refractivity contribution in [2.45, 2.75) is 6.42 Å². The Morgan fingerprint density at radius 1 is 1.46 bits per heavy atom. The summed E-state index contributed by atoms with van der Waals surface area (Å²) in [4.78, 5) is 11.1. The average Bonchev–Trinajstić information content (AvgIpc) is 2.16. The number of methoxy groups -OCH3 is 1. The average molecular weight is 178 g/mol. The first-order chi connectivity index (χ1) is 6.31. The fourth-order valence-corrected chi connectivity index (χ4v) is 1.44. The molecule has 0 unspecified atom stereocenters. The van der Waals surface area contributed by atoms with Crippen molar-refractivity contribution in [1.82, 2.24) is 0 Å². The molecule has 1 heterocycles. The van der Waals surface area contributed by atoms with Crippen LogP contribution >= 0.6 is 0 Å². The molecule has 1 aromatic rings. The number of ketones is 1. The second kappa shape index (κ2) is 3.09. The zero-order chi connectivity index (χ0) is 9.26. The van der Waals surface area contributed by atoms with Gasteiger partial charge in [0.25, 0.3) is 0 Å². The minimum absolute atomic E-state index is 0.112. The molecule has 13 heavy (non-hydrogen) atoms.